The zero-order valence-electron chi connectivity index (χ0n) is 18.4. The first kappa shape index (κ1) is 25.4. The van der Waals surface area contributed by atoms with E-state index >= 15 is 0 Å². The maximum Gasteiger partial charge on any atom is 0.269 e. The average molecular weight is 458 g/mol. The molecule has 0 unspecified atom stereocenters. The third-order valence-corrected chi connectivity index (χ3v) is 5.72. The molecule has 1 saturated heterocycles. The lowest BCUT2D eigenvalue weighted by Crippen LogP contribution is -2.36. The minimum atomic E-state index is -0.599. The molecule has 0 radical (unpaired) electrons. The number of hydrogen-bond acceptors (Lipinski definition) is 8. The second-order valence-corrected chi connectivity index (χ2v) is 7.87. The van der Waals surface area contributed by atoms with Gasteiger partial charge in [0.15, 0.2) is 5.70 Å². The number of amides is 1. The summed E-state index contributed by atoms with van der Waals surface area (Å²) in [5, 5.41) is 9.18. The summed E-state index contributed by atoms with van der Waals surface area (Å²) in [5.74, 6) is -0.0292. The van der Waals surface area contributed by atoms with E-state index in [0.717, 1.165) is 44.8 Å². The number of nitrogens with one attached hydrogen (secondary N) is 2. The second kappa shape index (κ2) is 14.2. The van der Waals surface area contributed by atoms with E-state index < -0.39 is 5.91 Å². The van der Waals surface area contributed by atoms with Gasteiger partial charge in [-0.1, -0.05) is 42.1 Å². The maximum atomic E-state index is 11.3. The first-order valence-corrected chi connectivity index (χ1v) is 11.3. The van der Waals surface area contributed by atoms with Gasteiger partial charge in [-0.3, -0.25) is 14.7 Å². The SMILES string of the molecule is C=N/C(C(N)=O)=C(/NC)SCNc1ccc2ccccc2c1.O=CCCN1CCOCC1. The fraction of sp³-hybridized carbons (Fsp3) is 0.348. The number of ether oxygens (including phenoxy) is 1. The highest BCUT2D eigenvalue weighted by Crippen LogP contribution is 2.21. The quantitative estimate of drug-likeness (QED) is 0.218. The summed E-state index contributed by atoms with van der Waals surface area (Å²) < 4.78 is 5.15. The predicted molar refractivity (Wildman–Crippen MR) is 133 cm³/mol. The van der Waals surface area contributed by atoms with Crippen molar-refractivity contribution in [2.24, 2.45) is 10.7 Å². The summed E-state index contributed by atoms with van der Waals surface area (Å²) in [7, 11) is 1.71. The molecule has 0 atom stereocenters. The summed E-state index contributed by atoms with van der Waals surface area (Å²) in [6.07, 6.45) is 1.62. The molecule has 2 aromatic rings. The molecule has 4 N–H and O–H groups in total. The summed E-state index contributed by atoms with van der Waals surface area (Å²) in [5.41, 5.74) is 6.42. The van der Waals surface area contributed by atoms with Crippen LogP contribution in [0.15, 0.2) is 58.2 Å². The van der Waals surface area contributed by atoms with Crippen LogP contribution in [0.5, 0.6) is 0 Å². The zero-order valence-corrected chi connectivity index (χ0v) is 19.2. The Bertz CT molecular complexity index is 929. The monoisotopic (exact) mass is 457 g/mol. The highest BCUT2D eigenvalue weighted by molar-refractivity contribution is 8.03. The minimum Gasteiger partial charge on any atom is -0.381 e. The number of benzene rings is 2. The highest BCUT2D eigenvalue weighted by Gasteiger charge is 2.10. The molecule has 1 aliphatic heterocycles. The molecule has 172 valence electrons. The maximum absolute atomic E-state index is 11.3. The fourth-order valence-electron chi connectivity index (χ4n) is 3.07. The molecule has 0 spiro atoms. The number of hydrogen-bond donors (Lipinski definition) is 3. The van der Waals surface area contributed by atoms with Crippen molar-refractivity contribution in [1.29, 1.82) is 0 Å². The molecule has 9 heteroatoms. The van der Waals surface area contributed by atoms with Crippen molar-refractivity contribution in [2.45, 2.75) is 6.42 Å². The topological polar surface area (TPSA) is 109 Å². The van der Waals surface area contributed by atoms with Gasteiger partial charge in [-0.2, -0.15) is 0 Å². The molecule has 32 heavy (non-hydrogen) atoms. The van der Waals surface area contributed by atoms with E-state index in [2.05, 4.69) is 51.5 Å². The van der Waals surface area contributed by atoms with Crippen LogP contribution in [0.2, 0.25) is 0 Å². The van der Waals surface area contributed by atoms with Crippen molar-refractivity contribution >= 4 is 47.1 Å². The Labute approximate surface area is 193 Å². The number of thioether (sulfide) groups is 1. The van der Waals surface area contributed by atoms with E-state index in [1.807, 2.05) is 18.2 Å². The van der Waals surface area contributed by atoms with E-state index in [9.17, 15) is 9.59 Å². The number of aliphatic imine (C=N–C) groups is 1. The standard InChI is InChI=1S/C16H18N4OS.C7H13NO2/c1-18-14(15(17)21)16(19-2)22-10-20-13-8-7-11-5-3-4-6-12(11)9-13;9-5-1-2-8-3-6-10-7-4-8/h3-9,19-20H,1,10H2,2H3,(H2,17,21);5H,1-4,6-7H2/b16-14-;. The average Bonchev–Trinajstić information content (AvgIpc) is 2.83. The number of anilines is 1. The number of rotatable bonds is 10. The molecule has 1 amide bonds. The van der Waals surface area contributed by atoms with Gasteiger partial charge in [0.25, 0.3) is 5.91 Å². The molecular weight excluding hydrogens is 426 g/mol. The van der Waals surface area contributed by atoms with Crippen LogP contribution in [0.3, 0.4) is 0 Å². The van der Waals surface area contributed by atoms with Gasteiger partial charge in [0.05, 0.1) is 19.1 Å². The number of aldehydes is 1. The van der Waals surface area contributed by atoms with Crippen molar-refractivity contribution in [3.8, 4) is 0 Å². The number of fused-ring (bicyclic) bond motifs is 1. The van der Waals surface area contributed by atoms with Gasteiger partial charge in [0.2, 0.25) is 0 Å². The van der Waals surface area contributed by atoms with Crippen LogP contribution in [0.1, 0.15) is 6.42 Å². The number of carbonyl (C=O) groups excluding carboxylic acids is 2. The van der Waals surface area contributed by atoms with Crippen molar-refractivity contribution in [2.75, 3.05) is 51.1 Å². The van der Waals surface area contributed by atoms with Crippen LogP contribution in [-0.4, -0.2) is 69.6 Å². The first-order chi connectivity index (χ1) is 15.6. The van der Waals surface area contributed by atoms with Crippen LogP contribution in [0, 0.1) is 0 Å². The lowest BCUT2D eigenvalue weighted by molar-refractivity contribution is -0.114. The largest absolute Gasteiger partial charge is 0.381 e. The first-order valence-electron chi connectivity index (χ1n) is 10.4. The van der Waals surface area contributed by atoms with Gasteiger partial charge >= 0.3 is 0 Å². The lowest BCUT2D eigenvalue weighted by Gasteiger charge is -2.25. The van der Waals surface area contributed by atoms with Crippen LogP contribution in [-0.2, 0) is 14.3 Å². The third-order valence-electron chi connectivity index (χ3n) is 4.74. The van der Waals surface area contributed by atoms with Gasteiger partial charge in [-0.15, -0.1) is 0 Å². The number of morpholine rings is 1. The van der Waals surface area contributed by atoms with Gasteiger partial charge in [-0.05, 0) is 29.6 Å². The molecular formula is C23H31N5O3S. The minimum absolute atomic E-state index is 0.146. The lowest BCUT2D eigenvalue weighted by atomic mass is 10.1. The van der Waals surface area contributed by atoms with Gasteiger partial charge < -0.3 is 25.9 Å². The normalized spacial score (nSPS) is 14.5. The van der Waals surface area contributed by atoms with E-state index in [4.69, 9.17) is 10.5 Å². The van der Waals surface area contributed by atoms with E-state index in [1.54, 1.807) is 7.05 Å². The molecule has 1 fully saturated rings. The molecule has 0 aliphatic carbocycles. The Morgan fingerprint density at radius 1 is 1.25 bits per heavy atom. The van der Waals surface area contributed by atoms with Gasteiger partial charge in [0, 0.05) is 38.8 Å². The fourth-order valence-corrected chi connectivity index (χ4v) is 3.90. The molecule has 1 heterocycles. The number of nitrogens with two attached hydrogens (primary N) is 1. The summed E-state index contributed by atoms with van der Waals surface area (Å²) in [4.78, 5) is 27.2. The molecule has 0 aromatic heterocycles. The summed E-state index contributed by atoms with van der Waals surface area (Å²) in [6.45, 7) is 7.86. The van der Waals surface area contributed by atoms with Crippen LogP contribution < -0.4 is 16.4 Å². The van der Waals surface area contributed by atoms with Crippen molar-refractivity contribution < 1.29 is 14.3 Å². The number of primary amides is 1. The molecule has 8 nitrogen and oxygen atoms in total. The van der Waals surface area contributed by atoms with Gasteiger partial charge in [-0.25, -0.2) is 0 Å². The smallest absolute Gasteiger partial charge is 0.269 e. The summed E-state index contributed by atoms with van der Waals surface area (Å²) >= 11 is 1.41. The number of carbonyl (C=O) groups is 2. The van der Waals surface area contributed by atoms with Crippen LogP contribution in [0.4, 0.5) is 5.69 Å². The van der Waals surface area contributed by atoms with Crippen molar-refractivity contribution in [3.63, 3.8) is 0 Å². The second-order valence-electron chi connectivity index (χ2n) is 6.89. The van der Waals surface area contributed by atoms with Crippen molar-refractivity contribution in [1.82, 2.24) is 10.2 Å². The zero-order chi connectivity index (χ0) is 23.2. The number of nitrogens with zero attached hydrogens (tertiary/aromatic N) is 2. The molecule has 2 aromatic carbocycles. The summed E-state index contributed by atoms with van der Waals surface area (Å²) in [6, 6.07) is 14.3. The van der Waals surface area contributed by atoms with Crippen LogP contribution in [0.25, 0.3) is 10.8 Å². The Hall–Kier alpha value is -2.88. The van der Waals surface area contributed by atoms with Gasteiger partial charge in [0.1, 0.15) is 11.3 Å². The Morgan fingerprint density at radius 3 is 2.59 bits per heavy atom. The van der Waals surface area contributed by atoms with Crippen molar-refractivity contribution in [3.05, 3.63) is 53.2 Å². The van der Waals surface area contributed by atoms with E-state index in [1.165, 1.54) is 22.5 Å². The Balaban J connectivity index is 0.000000303. The molecule has 0 saturated carbocycles. The van der Waals surface area contributed by atoms with Crippen LogP contribution >= 0.6 is 11.8 Å². The Morgan fingerprint density at radius 2 is 1.97 bits per heavy atom. The third kappa shape index (κ3) is 8.33. The molecule has 3 rings (SSSR count). The predicted octanol–water partition coefficient (Wildman–Crippen LogP) is 2.42. The Kier molecular flexibility index (Phi) is 11.3. The highest BCUT2D eigenvalue weighted by atomic mass is 32.2. The molecule has 0 bridgehead atoms. The molecule has 1 aliphatic rings. The van der Waals surface area contributed by atoms with E-state index in [-0.39, 0.29) is 5.70 Å². The van der Waals surface area contributed by atoms with E-state index in [0.29, 0.717) is 17.3 Å².